The summed E-state index contributed by atoms with van der Waals surface area (Å²) in [7, 11) is 2.20. The van der Waals surface area contributed by atoms with E-state index in [1.807, 2.05) is 11.8 Å². The first-order valence-electron chi connectivity index (χ1n) is 8.77. The van der Waals surface area contributed by atoms with Gasteiger partial charge in [-0.25, -0.2) is 0 Å². The molecule has 22 heavy (non-hydrogen) atoms. The van der Waals surface area contributed by atoms with Gasteiger partial charge in [-0.2, -0.15) is 0 Å². The Labute approximate surface area is 133 Å². The summed E-state index contributed by atoms with van der Waals surface area (Å²) < 4.78 is 11.1. The molecule has 0 aromatic carbocycles. The number of ether oxygens (including phenoxy) is 2. The highest BCUT2D eigenvalue weighted by atomic mass is 16.5. The molecule has 3 aliphatic rings. The summed E-state index contributed by atoms with van der Waals surface area (Å²) in [5.74, 6) is 1.63. The minimum absolute atomic E-state index is 0.132. The third-order valence-corrected chi connectivity index (χ3v) is 5.51. The molecular formula is C17H30N2O3. The highest BCUT2D eigenvalue weighted by Gasteiger charge is 2.50. The van der Waals surface area contributed by atoms with Crippen molar-refractivity contribution in [1.29, 1.82) is 0 Å². The maximum absolute atomic E-state index is 12.0. The van der Waals surface area contributed by atoms with Crippen LogP contribution in [0.1, 0.15) is 32.6 Å². The van der Waals surface area contributed by atoms with Crippen molar-refractivity contribution in [2.24, 2.45) is 11.8 Å². The second kappa shape index (κ2) is 6.85. The Morgan fingerprint density at radius 1 is 1.14 bits per heavy atom. The van der Waals surface area contributed by atoms with E-state index in [9.17, 15) is 4.79 Å². The first kappa shape index (κ1) is 16.2. The summed E-state index contributed by atoms with van der Waals surface area (Å²) in [4.78, 5) is 16.4. The van der Waals surface area contributed by atoms with Crippen LogP contribution in [0.4, 0.5) is 0 Å². The van der Waals surface area contributed by atoms with E-state index < -0.39 is 0 Å². The van der Waals surface area contributed by atoms with Crippen LogP contribution in [0.15, 0.2) is 0 Å². The van der Waals surface area contributed by atoms with Crippen molar-refractivity contribution in [3.05, 3.63) is 0 Å². The van der Waals surface area contributed by atoms with Gasteiger partial charge >= 0.3 is 0 Å². The van der Waals surface area contributed by atoms with Gasteiger partial charge in [-0.3, -0.25) is 9.69 Å². The Hall–Kier alpha value is -0.650. The number of piperidine rings is 1. The first-order valence-corrected chi connectivity index (χ1v) is 8.77. The first-order chi connectivity index (χ1) is 10.6. The molecule has 5 nitrogen and oxygen atoms in total. The summed E-state index contributed by atoms with van der Waals surface area (Å²) in [6, 6.07) is 0. The van der Waals surface area contributed by atoms with Crippen molar-refractivity contribution in [1.82, 2.24) is 9.80 Å². The molecule has 3 rings (SSSR count). The Kier molecular flexibility index (Phi) is 5.05. The van der Waals surface area contributed by atoms with Gasteiger partial charge in [-0.15, -0.1) is 0 Å². The average molecular weight is 310 g/mol. The molecule has 0 aromatic rings. The molecule has 0 aromatic heterocycles. The summed E-state index contributed by atoms with van der Waals surface area (Å²) in [5.41, 5.74) is 0.188. The van der Waals surface area contributed by atoms with Gasteiger partial charge in [0, 0.05) is 32.9 Å². The summed E-state index contributed by atoms with van der Waals surface area (Å²) in [6.45, 7) is 7.44. The maximum atomic E-state index is 12.0. The second-order valence-electron chi connectivity index (χ2n) is 7.37. The van der Waals surface area contributed by atoms with E-state index in [4.69, 9.17) is 9.47 Å². The number of amides is 1. The highest BCUT2D eigenvalue weighted by molar-refractivity contribution is 5.78. The lowest BCUT2D eigenvalue weighted by Gasteiger charge is -2.58. The van der Waals surface area contributed by atoms with Crippen LogP contribution >= 0.6 is 0 Å². The van der Waals surface area contributed by atoms with Crippen LogP contribution in [0.25, 0.3) is 0 Å². The number of rotatable bonds is 7. The summed E-state index contributed by atoms with van der Waals surface area (Å²) in [6.07, 6.45) is 5.09. The van der Waals surface area contributed by atoms with E-state index in [2.05, 4.69) is 11.9 Å². The fourth-order valence-electron chi connectivity index (χ4n) is 3.73. The van der Waals surface area contributed by atoms with E-state index >= 15 is 0 Å². The molecule has 5 heteroatoms. The lowest BCUT2D eigenvalue weighted by Crippen LogP contribution is -2.73. The molecule has 0 N–H and O–H groups in total. The predicted molar refractivity (Wildman–Crippen MR) is 84.7 cm³/mol. The van der Waals surface area contributed by atoms with Crippen LogP contribution in [0, 0.1) is 11.8 Å². The van der Waals surface area contributed by atoms with Gasteiger partial charge < -0.3 is 14.4 Å². The van der Waals surface area contributed by atoms with Gasteiger partial charge in [-0.05, 0) is 58.0 Å². The molecule has 1 amide bonds. The number of carbonyl (C=O) groups excluding carboxylic acids is 1. The highest BCUT2D eigenvalue weighted by Crippen LogP contribution is 2.38. The molecule has 126 valence electrons. The lowest BCUT2D eigenvalue weighted by molar-refractivity contribution is -0.155. The predicted octanol–water partition coefficient (Wildman–Crippen LogP) is 1.37. The van der Waals surface area contributed by atoms with Gasteiger partial charge in [0.15, 0.2) is 0 Å². The molecule has 1 spiro atoms. The number of carbonyl (C=O) groups is 1. The van der Waals surface area contributed by atoms with Crippen molar-refractivity contribution in [3.63, 3.8) is 0 Å². The fourth-order valence-corrected chi connectivity index (χ4v) is 3.73. The molecule has 0 bridgehead atoms. The minimum atomic E-state index is 0.132. The van der Waals surface area contributed by atoms with Crippen LogP contribution in [0.3, 0.4) is 0 Å². The van der Waals surface area contributed by atoms with Crippen molar-refractivity contribution in [3.8, 4) is 0 Å². The van der Waals surface area contributed by atoms with Crippen molar-refractivity contribution >= 4 is 5.91 Å². The molecule has 3 fully saturated rings. The zero-order valence-electron chi connectivity index (χ0n) is 14.1. The normalized spacial score (nSPS) is 27.9. The monoisotopic (exact) mass is 310 g/mol. The zero-order chi connectivity index (χ0) is 15.6. The maximum Gasteiger partial charge on any atom is 0.248 e. The van der Waals surface area contributed by atoms with Crippen LogP contribution in [0.5, 0.6) is 0 Å². The molecular weight excluding hydrogens is 280 g/mol. The number of likely N-dealkylation sites (tertiary alicyclic amines) is 2. The van der Waals surface area contributed by atoms with Gasteiger partial charge in [0.05, 0.1) is 5.54 Å². The van der Waals surface area contributed by atoms with Crippen LogP contribution in [-0.2, 0) is 14.3 Å². The number of nitrogens with zero attached hydrogens (tertiary/aromatic N) is 2. The Morgan fingerprint density at radius 3 is 2.55 bits per heavy atom. The molecule has 2 saturated heterocycles. The molecule has 0 radical (unpaired) electrons. The lowest BCUT2D eigenvalue weighted by atomic mass is 9.75. The van der Waals surface area contributed by atoms with E-state index in [1.54, 1.807) is 0 Å². The van der Waals surface area contributed by atoms with Gasteiger partial charge in [0.1, 0.15) is 6.61 Å². The largest absolute Gasteiger partial charge is 0.381 e. The number of likely N-dealkylation sites (N-methyl/N-ethyl adjacent to an activating group) is 1. The fraction of sp³-hybridized carbons (Fsp3) is 0.941. The summed E-state index contributed by atoms with van der Waals surface area (Å²) in [5, 5.41) is 0. The van der Waals surface area contributed by atoms with Crippen LogP contribution in [0.2, 0.25) is 0 Å². The topological polar surface area (TPSA) is 42.0 Å². The van der Waals surface area contributed by atoms with Crippen molar-refractivity contribution < 1.29 is 14.3 Å². The Balaban J connectivity index is 1.44. The zero-order valence-corrected chi connectivity index (χ0v) is 14.1. The number of hydrogen-bond acceptors (Lipinski definition) is 4. The smallest absolute Gasteiger partial charge is 0.248 e. The van der Waals surface area contributed by atoms with Gasteiger partial charge in [0.25, 0.3) is 0 Å². The Morgan fingerprint density at radius 2 is 1.86 bits per heavy atom. The summed E-state index contributed by atoms with van der Waals surface area (Å²) >= 11 is 0. The molecule has 1 atom stereocenters. The van der Waals surface area contributed by atoms with E-state index in [0.29, 0.717) is 12.5 Å². The SMILES string of the molecule is CCOCC(=O)N1CC2(C[C@@H](COCC3CC3)CCN2C)C1. The van der Waals surface area contributed by atoms with Crippen molar-refractivity contribution in [2.75, 3.05) is 53.1 Å². The second-order valence-corrected chi connectivity index (χ2v) is 7.37. The third kappa shape index (κ3) is 3.63. The van der Waals surface area contributed by atoms with E-state index in [1.165, 1.54) is 19.3 Å². The van der Waals surface area contributed by atoms with E-state index in [0.717, 1.165) is 45.2 Å². The Bertz CT molecular complexity index is 391. The standard InChI is InChI=1S/C17H30N2O3/c1-3-21-11-16(20)19-12-17(13-19)8-15(6-7-18(17)2)10-22-9-14-4-5-14/h14-15H,3-13H2,1-2H3/t15-/m0/s1. The van der Waals surface area contributed by atoms with Crippen LogP contribution in [-0.4, -0.2) is 74.4 Å². The molecule has 2 heterocycles. The van der Waals surface area contributed by atoms with Crippen molar-refractivity contribution in [2.45, 2.75) is 38.1 Å². The quantitative estimate of drug-likeness (QED) is 0.712. The van der Waals surface area contributed by atoms with E-state index in [-0.39, 0.29) is 18.1 Å². The van der Waals surface area contributed by atoms with Crippen LogP contribution < -0.4 is 0 Å². The number of hydrogen-bond donors (Lipinski definition) is 0. The molecule has 0 unspecified atom stereocenters. The van der Waals surface area contributed by atoms with Gasteiger partial charge in [-0.1, -0.05) is 0 Å². The average Bonchev–Trinajstić information content (AvgIpc) is 3.28. The van der Waals surface area contributed by atoms with Gasteiger partial charge in [0.2, 0.25) is 5.91 Å². The minimum Gasteiger partial charge on any atom is -0.381 e. The third-order valence-electron chi connectivity index (χ3n) is 5.51. The molecule has 1 aliphatic carbocycles. The molecule has 2 aliphatic heterocycles. The molecule has 1 saturated carbocycles.